The molecule has 0 saturated heterocycles. The number of urea groups is 1. The van der Waals surface area contributed by atoms with Crippen molar-refractivity contribution in [1.82, 2.24) is 0 Å². The van der Waals surface area contributed by atoms with Gasteiger partial charge in [0.2, 0.25) is 0 Å². The van der Waals surface area contributed by atoms with Gasteiger partial charge in [0, 0.05) is 0 Å². The highest BCUT2D eigenvalue weighted by molar-refractivity contribution is 6.02. The van der Waals surface area contributed by atoms with Gasteiger partial charge in [0.15, 0.2) is 0 Å². The predicted octanol–water partition coefficient (Wildman–Crippen LogP) is -2.75. The Labute approximate surface area is 39.2 Å². The number of hydrogen-bond donors (Lipinski definition) is 3. The molecule has 5 heteroatoms. The Kier molecular flexibility index (Phi) is 13.3. The van der Waals surface area contributed by atoms with Gasteiger partial charge in [-0.15, -0.1) is 0 Å². The normalized spacial score (nSPS) is 5.50. The van der Waals surface area contributed by atoms with E-state index in [1.54, 1.807) is 0 Å². The molecule has 0 aliphatic carbocycles. The number of nitrogens with two attached hydrogens (primary N) is 3. The van der Waals surface area contributed by atoms with Gasteiger partial charge in [-0.25, -0.2) is 4.79 Å². The van der Waals surface area contributed by atoms with Gasteiger partial charge in [0.1, 0.15) is 0 Å². The van der Waals surface area contributed by atoms with Gasteiger partial charge >= 0.3 is 6.03 Å². The highest BCUT2D eigenvalue weighted by Gasteiger charge is 1.60. The first-order valence-electron chi connectivity index (χ1n) is 1.36. The monoisotopic (exact) mass is 107 g/mol. The molecule has 0 rings (SSSR count). The third-order valence-electron chi connectivity index (χ3n) is 0. The second-order valence-electron chi connectivity index (χ2n) is 0.402. The van der Waals surface area contributed by atoms with Gasteiger partial charge < -0.3 is 16.9 Å². The van der Waals surface area contributed by atoms with E-state index in [-0.39, 0.29) is 0 Å². The Hall–Kier alpha value is -0.553. The summed E-state index contributed by atoms with van der Waals surface area (Å²) < 4.78 is 0. The summed E-state index contributed by atoms with van der Waals surface area (Å²) >= 11 is 0. The van der Waals surface area contributed by atoms with Crippen molar-refractivity contribution in [3.8, 4) is 0 Å². The highest BCUT2D eigenvalue weighted by Crippen LogP contribution is 1.25. The average molecular weight is 107 g/mol. The Morgan fingerprint density at radius 1 is 1.33 bits per heavy atom. The van der Waals surface area contributed by atoms with Crippen LogP contribution in [0.5, 0.6) is 0 Å². The molecular formula is CH9N3OSi. The summed E-state index contributed by atoms with van der Waals surface area (Å²) in [4.78, 5) is 9.00. The number of primary amides is 2. The molecule has 0 aromatic heterocycles. The maximum atomic E-state index is 9.00. The van der Waals surface area contributed by atoms with Crippen LogP contribution in [0.15, 0.2) is 0 Å². The topological polar surface area (TPSA) is 95.1 Å². The van der Waals surface area contributed by atoms with E-state index in [1.807, 2.05) is 0 Å². The molecule has 0 aliphatic heterocycles. The van der Waals surface area contributed by atoms with Crippen molar-refractivity contribution in [2.45, 2.75) is 0 Å². The molecule has 0 unspecified atom stereocenters. The molecule has 0 heterocycles. The molecular weight excluding hydrogens is 98.1 g/mol. The lowest BCUT2D eigenvalue weighted by molar-refractivity contribution is 0.256. The number of amides is 2. The smallest absolute Gasteiger partial charge is 0.309 e. The molecule has 0 spiro atoms. The minimum atomic E-state index is -0.833. The number of rotatable bonds is 0. The van der Waals surface area contributed by atoms with Crippen LogP contribution in [0.1, 0.15) is 0 Å². The lowest BCUT2D eigenvalue weighted by atomic mass is 11.2. The fraction of sp³-hybridized carbons (Fsp3) is 0. The molecule has 0 fully saturated rings. The largest absolute Gasteiger partial charge is 0.358 e. The van der Waals surface area contributed by atoms with E-state index in [4.69, 9.17) is 4.79 Å². The maximum absolute atomic E-state index is 9.00. The van der Waals surface area contributed by atoms with Gasteiger partial charge in [-0.2, -0.15) is 0 Å². The molecule has 0 saturated carbocycles. The van der Waals surface area contributed by atoms with Crippen molar-refractivity contribution in [3.05, 3.63) is 0 Å². The summed E-state index contributed by atoms with van der Waals surface area (Å²) in [6, 6.07) is -0.833. The van der Waals surface area contributed by atoms with Crippen LogP contribution in [-0.4, -0.2) is 16.4 Å². The third-order valence-corrected chi connectivity index (χ3v) is 0. The fourth-order valence-electron chi connectivity index (χ4n) is 0. The fourth-order valence-corrected chi connectivity index (χ4v) is 0. The predicted molar refractivity (Wildman–Crippen MR) is 27.9 cm³/mol. The number of hydrogen-bond acceptors (Lipinski definition) is 2. The van der Waals surface area contributed by atoms with Crippen LogP contribution in [0.25, 0.3) is 0 Å². The molecule has 38 valence electrons. The van der Waals surface area contributed by atoms with E-state index in [0.717, 1.165) is 10.4 Å². The van der Waals surface area contributed by atoms with Gasteiger partial charge in [0.05, 0.1) is 10.4 Å². The SMILES string of the molecule is NC(N)=O.N[SiH3]. The first-order chi connectivity index (χ1) is 2.73. The standard InChI is InChI=1S/CH4N2O.H5NSi/c2-1(3)4;1-2/h(H4,2,3,4);1H2,2H3. The zero-order valence-electron chi connectivity index (χ0n) is 3.64. The molecule has 0 aliphatic rings. The Balaban J connectivity index is 0. The van der Waals surface area contributed by atoms with E-state index < -0.39 is 6.03 Å². The van der Waals surface area contributed by atoms with E-state index in [9.17, 15) is 0 Å². The van der Waals surface area contributed by atoms with Crippen LogP contribution in [0.2, 0.25) is 0 Å². The van der Waals surface area contributed by atoms with Crippen molar-refractivity contribution < 1.29 is 4.79 Å². The van der Waals surface area contributed by atoms with Crippen LogP contribution in [-0.2, 0) is 0 Å². The molecule has 6 heavy (non-hydrogen) atoms. The second-order valence-corrected chi connectivity index (χ2v) is 0.402. The molecule has 2 amide bonds. The summed E-state index contributed by atoms with van der Waals surface area (Å²) in [6.45, 7) is 0. The minimum Gasteiger partial charge on any atom is -0.358 e. The van der Waals surface area contributed by atoms with Gasteiger partial charge in [0.25, 0.3) is 0 Å². The van der Waals surface area contributed by atoms with Gasteiger partial charge in [-0.1, -0.05) is 0 Å². The summed E-state index contributed by atoms with van der Waals surface area (Å²) in [5, 5.41) is 4.64. The lowest BCUT2D eigenvalue weighted by Gasteiger charge is -1.62. The molecule has 0 radical (unpaired) electrons. The third kappa shape index (κ3) is 67.5. The maximum Gasteiger partial charge on any atom is 0.309 e. The first kappa shape index (κ1) is 9.07. The highest BCUT2D eigenvalue weighted by atomic mass is 28.2. The van der Waals surface area contributed by atoms with Crippen molar-refractivity contribution >= 4 is 16.4 Å². The van der Waals surface area contributed by atoms with E-state index in [2.05, 4.69) is 16.9 Å². The van der Waals surface area contributed by atoms with Gasteiger partial charge in [-0.3, -0.25) is 0 Å². The van der Waals surface area contributed by atoms with E-state index in [1.165, 1.54) is 0 Å². The van der Waals surface area contributed by atoms with Crippen LogP contribution in [0, 0.1) is 0 Å². The summed E-state index contributed by atoms with van der Waals surface area (Å²) in [5.74, 6) is 0. The zero-order valence-corrected chi connectivity index (χ0v) is 5.64. The van der Waals surface area contributed by atoms with Crippen LogP contribution < -0.4 is 16.9 Å². The lowest BCUT2D eigenvalue weighted by Crippen LogP contribution is -2.18. The van der Waals surface area contributed by atoms with Crippen molar-refractivity contribution in [2.24, 2.45) is 16.9 Å². The zero-order chi connectivity index (χ0) is 5.58. The molecule has 0 aromatic carbocycles. The molecule has 0 atom stereocenters. The minimum absolute atomic E-state index is 0.806. The summed E-state index contributed by atoms with van der Waals surface area (Å²) in [6.07, 6.45) is 0. The average Bonchev–Trinajstić information content (AvgIpc) is 1.41. The summed E-state index contributed by atoms with van der Waals surface area (Å²) in [5.41, 5.74) is 8.50. The van der Waals surface area contributed by atoms with E-state index in [0.29, 0.717) is 0 Å². The molecule has 4 nitrogen and oxygen atoms in total. The number of carbonyl (C=O) groups is 1. The van der Waals surface area contributed by atoms with E-state index >= 15 is 0 Å². The Morgan fingerprint density at radius 2 is 1.33 bits per heavy atom. The van der Waals surface area contributed by atoms with Gasteiger partial charge in [-0.05, 0) is 0 Å². The van der Waals surface area contributed by atoms with Crippen LogP contribution >= 0.6 is 0 Å². The Morgan fingerprint density at radius 3 is 1.33 bits per heavy atom. The molecule has 6 N–H and O–H groups in total. The number of carbonyl (C=O) groups excluding carboxylic acids is 1. The Bertz CT molecular complexity index is 33.8. The molecule has 0 bridgehead atoms. The quantitative estimate of drug-likeness (QED) is 0.293. The second kappa shape index (κ2) is 8.82. The molecule has 0 aromatic rings. The van der Waals surface area contributed by atoms with Crippen molar-refractivity contribution in [1.29, 1.82) is 0 Å². The van der Waals surface area contributed by atoms with Crippen LogP contribution in [0.3, 0.4) is 0 Å². The summed E-state index contributed by atoms with van der Waals surface area (Å²) in [7, 11) is 0.806. The van der Waals surface area contributed by atoms with Crippen molar-refractivity contribution in [3.63, 3.8) is 0 Å². The van der Waals surface area contributed by atoms with Crippen molar-refractivity contribution in [2.75, 3.05) is 0 Å². The van der Waals surface area contributed by atoms with Crippen LogP contribution in [0.4, 0.5) is 4.79 Å². The first-order valence-corrected chi connectivity index (χ1v) is 2.51.